The number of β-amino-alcohol motifs (C(OH)–C–C–N with tert-alkyl or cyclic N) is 1. The van der Waals surface area contributed by atoms with Gasteiger partial charge in [-0.05, 0) is 44.0 Å². The van der Waals surface area contributed by atoms with Gasteiger partial charge in [-0.1, -0.05) is 0 Å². The van der Waals surface area contributed by atoms with Gasteiger partial charge in [-0.3, -0.25) is 0 Å². The number of hydrogen-bond acceptors (Lipinski definition) is 5. The van der Waals surface area contributed by atoms with E-state index in [1.165, 1.54) is 0 Å². The molecule has 1 aromatic carbocycles. The molecule has 1 atom stereocenters. The van der Waals surface area contributed by atoms with Crippen LogP contribution in [0.15, 0.2) is 36.4 Å². The van der Waals surface area contributed by atoms with Crippen molar-refractivity contribution in [2.24, 2.45) is 0 Å². The molecule has 3 heterocycles. The fraction of sp³-hybridized carbons (Fsp3) is 0.368. The highest BCUT2D eigenvalue weighted by atomic mass is 16.5. The number of nitrogens with zero attached hydrogens (tertiary/aromatic N) is 4. The van der Waals surface area contributed by atoms with Crippen molar-refractivity contribution in [2.75, 3.05) is 25.1 Å². The van der Waals surface area contributed by atoms with Crippen LogP contribution in [0.2, 0.25) is 0 Å². The van der Waals surface area contributed by atoms with Crippen molar-refractivity contribution >= 4 is 11.5 Å². The summed E-state index contributed by atoms with van der Waals surface area (Å²) in [5.74, 6) is 1.81. The molecular formula is C19H22N4O2. The Morgan fingerprint density at radius 3 is 2.72 bits per heavy atom. The minimum atomic E-state index is -0.283. The van der Waals surface area contributed by atoms with Crippen LogP contribution in [0, 0.1) is 6.92 Å². The lowest BCUT2D eigenvalue weighted by Gasteiger charge is -2.32. The summed E-state index contributed by atoms with van der Waals surface area (Å²) in [4.78, 5) is 6.81. The molecule has 130 valence electrons. The molecule has 1 aliphatic heterocycles. The Labute approximate surface area is 146 Å². The van der Waals surface area contributed by atoms with Crippen LogP contribution >= 0.6 is 0 Å². The molecule has 6 heteroatoms. The van der Waals surface area contributed by atoms with Crippen LogP contribution in [0.1, 0.15) is 18.5 Å². The van der Waals surface area contributed by atoms with E-state index in [1.807, 2.05) is 47.8 Å². The fourth-order valence-corrected chi connectivity index (χ4v) is 3.37. The number of aliphatic hydroxyl groups excluding tert-OH is 1. The van der Waals surface area contributed by atoms with Crippen molar-refractivity contribution < 1.29 is 9.84 Å². The van der Waals surface area contributed by atoms with Gasteiger partial charge in [0.05, 0.1) is 18.9 Å². The number of hydrogen-bond donors (Lipinski definition) is 1. The van der Waals surface area contributed by atoms with E-state index in [-0.39, 0.29) is 6.10 Å². The molecule has 25 heavy (non-hydrogen) atoms. The van der Waals surface area contributed by atoms with E-state index < -0.39 is 0 Å². The average molecular weight is 338 g/mol. The van der Waals surface area contributed by atoms with Gasteiger partial charge < -0.3 is 14.7 Å². The third kappa shape index (κ3) is 3.05. The van der Waals surface area contributed by atoms with Crippen molar-refractivity contribution in [2.45, 2.75) is 25.9 Å². The van der Waals surface area contributed by atoms with E-state index in [2.05, 4.69) is 9.88 Å². The standard InChI is InChI=1S/C19H22N4O2/c1-13-10-19(22-9-3-4-15(24)12-22)23-18(20-13)11-17(21-23)14-5-7-16(25-2)8-6-14/h5-8,10-11,15,24H,3-4,9,12H2,1-2H3/t15-/m0/s1. The quantitative estimate of drug-likeness (QED) is 0.795. The zero-order chi connectivity index (χ0) is 17.4. The Hall–Kier alpha value is -2.60. The van der Waals surface area contributed by atoms with E-state index in [9.17, 15) is 5.11 Å². The topological polar surface area (TPSA) is 62.9 Å². The molecule has 0 amide bonds. The van der Waals surface area contributed by atoms with E-state index in [1.54, 1.807) is 7.11 Å². The highest BCUT2D eigenvalue weighted by molar-refractivity contribution is 5.66. The summed E-state index contributed by atoms with van der Waals surface area (Å²) in [5, 5.41) is 14.8. The lowest BCUT2D eigenvalue weighted by Crippen LogP contribution is -2.39. The lowest BCUT2D eigenvalue weighted by molar-refractivity contribution is 0.153. The summed E-state index contributed by atoms with van der Waals surface area (Å²) in [6.07, 6.45) is 1.56. The second kappa shape index (κ2) is 6.37. The first-order valence-corrected chi connectivity index (χ1v) is 8.59. The first-order valence-electron chi connectivity index (χ1n) is 8.59. The summed E-state index contributed by atoms with van der Waals surface area (Å²) in [6, 6.07) is 11.9. The van der Waals surface area contributed by atoms with Gasteiger partial charge in [-0.15, -0.1) is 0 Å². The normalized spacial score (nSPS) is 17.9. The van der Waals surface area contributed by atoms with Gasteiger partial charge in [-0.2, -0.15) is 9.61 Å². The molecule has 4 rings (SSSR count). The Morgan fingerprint density at radius 2 is 2.00 bits per heavy atom. The monoisotopic (exact) mass is 338 g/mol. The van der Waals surface area contributed by atoms with E-state index in [4.69, 9.17) is 9.84 Å². The molecule has 3 aromatic rings. The predicted octanol–water partition coefficient (Wildman–Crippen LogP) is 2.67. The molecule has 0 saturated carbocycles. The van der Waals surface area contributed by atoms with Gasteiger partial charge in [-0.25, -0.2) is 4.98 Å². The number of benzene rings is 1. The Bertz CT molecular complexity index is 888. The second-order valence-corrected chi connectivity index (χ2v) is 6.53. The molecule has 0 unspecified atom stereocenters. The molecular weight excluding hydrogens is 316 g/mol. The molecule has 6 nitrogen and oxygen atoms in total. The summed E-state index contributed by atoms with van der Waals surface area (Å²) in [7, 11) is 1.66. The van der Waals surface area contributed by atoms with Crippen LogP contribution in [0.25, 0.3) is 16.9 Å². The minimum absolute atomic E-state index is 0.283. The number of aromatic nitrogens is 3. The maximum atomic E-state index is 10.0. The van der Waals surface area contributed by atoms with Gasteiger partial charge in [0.2, 0.25) is 0 Å². The third-order valence-corrected chi connectivity index (χ3v) is 4.64. The first-order chi connectivity index (χ1) is 12.1. The Balaban J connectivity index is 1.77. The molecule has 2 aromatic heterocycles. The van der Waals surface area contributed by atoms with Crippen molar-refractivity contribution in [1.82, 2.24) is 14.6 Å². The predicted molar refractivity (Wildman–Crippen MR) is 97.2 cm³/mol. The Kier molecular flexibility index (Phi) is 4.05. The number of rotatable bonds is 3. The highest BCUT2D eigenvalue weighted by Gasteiger charge is 2.21. The molecule has 0 spiro atoms. The Morgan fingerprint density at radius 1 is 1.20 bits per heavy atom. The van der Waals surface area contributed by atoms with Gasteiger partial charge in [0, 0.05) is 36.5 Å². The third-order valence-electron chi connectivity index (χ3n) is 4.64. The van der Waals surface area contributed by atoms with Crippen LogP contribution in [0.5, 0.6) is 5.75 Å². The van der Waals surface area contributed by atoms with Crippen molar-refractivity contribution in [3.63, 3.8) is 0 Å². The highest BCUT2D eigenvalue weighted by Crippen LogP contribution is 2.26. The second-order valence-electron chi connectivity index (χ2n) is 6.53. The maximum absolute atomic E-state index is 10.0. The minimum Gasteiger partial charge on any atom is -0.497 e. The largest absolute Gasteiger partial charge is 0.497 e. The van der Waals surface area contributed by atoms with Crippen LogP contribution in [0.3, 0.4) is 0 Å². The van der Waals surface area contributed by atoms with Crippen LogP contribution in [0.4, 0.5) is 5.82 Å². The summed E-state index contributed by atoms with van der Waals surface area (Å²) in [6.45, 7) is 3.55. The molecule has 1 aliphatic rings. The van der Waals surface area contributed by atoms with E-state index >= 15 is 0 Å². The number of aliphatic hydroxyl groups is 1. The van der Waals surface area contributed by atoms with Crippen molar-refractivity contribution in [3.8, 4) is 17.0 Å². The average Bonchev–Trinajstić information content (AvgIpc) is 3.05. The van der Waals surface area contributed by atoms with Crippen LogP contribution < -0.4 is 9.64 Å². The van der Waals surface area contributed by atoms with Gasteiger partial charge >= 0.3 is 0 Å². The van der Waals surface area contributed by atoms with Crippen LogP contribution in [-0.4, -0.2) is 46.0 Å². The first kappa shape index (κ1) is 15.9. The van der Waals surface area contributed by atoms with E-state index in [0.29, 0.717) is 6.54 Å². The number of fused-ring (bicyclic) bond motifs is 1. The summed E-state index contributed by atoms with van der Waals surface area (Å²) in [5.41, 5.74) is 3.66. The molecule has 1 saturated heterocycles. The van der Waals surface area contributed by atoms with Crippen molar-refractivity contribution in [3.05, 3.63) is 42.1 Å². The molecule has 1 N–H and O–H groups in total. The molecule has 0 aliphatic carbocycles. The fourth-order valence-electron chi connectivity index (χ4n) is 3.37. The number of anilines is 1. The molecule has 0 bridgehead atoms. The number of ether oxygens (including phenoxy) is 1. The number of methoxy groups -OCH3 is 1. The van der Waals surface area contributed by atoms with Gasteiger partial charge in [0.15, 0.2) is 5.65 Å². The smallest absolute Gasteiger partial charge is 0.158 e. The number of piperidine rings is 1. The zero-order valence-electron chi connectivity index (χ0n) is 14.5. The van der Waals surface area contributed by atoms with Gasteiger partial charge in [0.25, 0.3) is 0 Å². The summed E-state index contributed by atoms with van der Waals surface area (Å²) < 4.78 is 7.10. The molecule has 1 fully saturated rings. The molecule has 0 radical (unpaired) electrons. The van der Waals surface area contributed by atoms with Gasteiger partial charge in [0.1, 0.15) is 11.6 Å². The number of aryl methyl sites for hydroxylation is 1. The summed E-state index contributed by atoms with van der Waals surface area (Å²) >= 11 is 0. The maximum Gasteiger partial charge on any atom is 0.158 e. The van der Waals surface area contributed by atoms with Crippen molar-refractivity contribution in [1.29, 1.82) is 0 Å². The van der Waals surface area contributed by atoms with E-state index in [0.717, 1.165) is 53.6 Å². The lowest BCUT2D eigenvalue weighted by atomic mass is 10.1. The van der Waals surface area contributed by atoms with Crippen LogP contribution in [-0.2, 0) is 0 Å². The SMILES string of the molecule is COc1ccc(-c2cc3nc(C)cc(N4CCC[C@H](O)C4)n3n2)cc1. The zero-order valence-corrected chi connectivity index (χ0v) is 14.5.